The molecule has 0 atom stereocenters. The van der Waals surface area contributed by atoms with Crippen molar-refractivity contribution in [1.29, 1.82) is 0 Å². The summed E-state index contributed by atoms with van der Waals surface area (Å²) >= 11 is 7.64. The Morgan fingerprint density at radius 2 is 1.94 bits per heavy atom. The Balaban J connectivity index is 3.22. The molecule has 0 aromatic heterocycles. The van der Waals surface area contributed by atoms with Gasteiger partial charge in [0, 0.05) is 4.90 Å². The number of thioether (sulfide) groups is 1. The van der Waals surface area contributed by atoms with Crippen molar-refractivity contribution in [3.8, 4) is 0 Å². The van der Waals surface area contributed by atoms with Crippen molar-refractivity contribution in [3.05, 3.63) is 32.7 Å². The maximum Gasteiger partial charge on any atom is 0.416 e. The summed E-state index contributed by atoms with van der Waals surface area (Å²) in [4.78, 5) is 0.589. The lowest BCUT2D eigenvalue weighted by atomic mass is 10.1. The summed E-state index contributed by atoms with van der Waals surface area (Å²) in [6.45, 7) is 0. The van der Waals surface area contributed by atoms with Gasteiger partial charge >= 0.3 is 6.18 Å². The van der Waals surface area contributed by atoms with Crippen molar-refractivity contribution < 1.29 is 13.2 Å². The molecule has 1 aromatic carbocycles. The summed E-state index contributed by atoms with van der Waals surface area (Å²) in [5, 5.41) is 0. The van der Waals surface area contributed by atoms with E-state index in [-0.39, 0.29) is 0 Å². The van der Waals surface area contributed by atoms with Gasteiger partial charge in [0.15, 0.2) is 0 Å². The third kappa shape index (κ3) is 3.82. The molecule has 0 nitrogen and oxygen atoms in total. The molecule has 0 aliphatic carbocycles. The molecule has 0 heterocycles. The molecule has 1 rings (SSSR count). The highest BCUT2D eigenvalue weighted by Gasteiger charge is 2.30. The molecule has 1 aromatic rings. The van der Waals surface area contributed by atoms with Crippen LogP contribution in [0.2, 0.25) is 0 Å². The van der Waals surface area contributed by atoms with E-state index in [2.05, 4.69) is 31.9 Å². The summed E-state index contributed by atoms with van der Waals surface area (Å²) < 4.78 is 38.1. The monoisotopic (exact) mass is 374 g/mol. The van der Waals surface area contributed by atoms with Crippen molar-refractivity contribution >= 4 is 49.7 Å². The predicted molar refractivity (Wildman–Crippen MR) is 69.1 cm³/mol. The Hall–Kier alpha value is 0.0600. The van der Waals surface area contributed by atoms with Gasteiger partial charge in [-0.2, -0.15) is 13.2 Å². The van der Waals surface area contributed by atoms with E-state index >= 15 is 0 Å². The molecule has 0 fully saturated rings. The molecule has 0 radical (unpaired) electrons. The first-order valence-corrected chi connectivity index (χ1v) is 6.93. The van der Waals surface area contributed by atoms with Gasteiger partial charge in [-0.15, -0.1) is 11.8 Å². The molecule has 0 saturated heterocycles. The molecule has 0 aliphatic heterocycles. The molecule has 16 heavy (non-hydrogen) atoms. The van der Waals surface area contributed by atoms with Gasteiger partial charge in [0.25, 0.3) is 0 Å². The van der Waals surface area contributed by atoms with Crippen LogP contribution in [0.1, 0.15) is 11.1 Å². The maximum atomic E-state index is 12.5. The molecule has 0 unspecified atom stereocenters. The minimum Gasteiger partial charge on any atom is -0.166 e. The highest BCUT2D eigenvalue weighted by molar-refractivity contribution is 9.28. The van der Waals surface area contributed by atoms with Crippen LogP contribution in [0, 0.1) is 0 Å². The Kier molecular flexibility index (Phi) is 4.94. The predicted octanol–water partition coefficient (Wildman–Crippen LogP) is 5.52. The number of halogens is 5. The Bertz CT molecular complexity index is 409. The van der Waals surface area contributed by atoms with Gasteiger partial charge in [0.05, 0.1) is 8.96 Å². The van der Waals surface area contributed by atoms with E-state index < -0.39 is 11.7 Å². The summed E-state index contributed by atoms with van der Waals surface area (Å²) in [6.07, 6.45) is -0.834. The Morgan fingerprint density at radius 1 is 1.31 bits per heavy atom. The van der Waals surface area contributed by atoms with E-state index in [0.29, 0.717) is 8.29 Å². The molecular weight excluding hydrogens is 369 g/mol. The second kappa shape index (κ2) is 5.60. The summed E-state index contributed by atoms with van der Waals surface area (Å²) in [7, 11) is 0. The van der Waals surface area contributed by atoms with Crippen LogP contribution in [0.15, 0.2) is 26.5 Å². The molecule has 0 saturated carbocycles. The van der Waals surface area contributed by atoms with Crippen molar-refractivity contribution in [2.24, 2.45) is 0 Å². The van der Waals surface area contributed by atoms with Gasteiger partial charge < -0.3 is 0 Å². The third-order valence-electron chi connectivity index (χ3n) is 1.83. The molecule has 0 spiro atoms. The second-order valence-corrected chi connectivity index (χ2v) is 6.51. The lowest BCUT2D eigenvalue weighted by molar-refractivity contribution is -0.137. The summed E-state index contributed by atoms with van der Waals surface area (Å²) in [5.41, 5.74) is 0.115. The standard InChI is InChI=1S/C10H7Br2F3S/c1-16-8-5-7(10(13,14)15)3-2-6(8)4-9(11)12/h2-5H,1H3. The Morgan fingerprint density at radius 3 is 2.38 bits per heavy atom. The maximum absolute atomic E-state index is 12.5. The Labute approximate surface area is 113 Å². The first kappa shape index (κ1) is 14.1. The quantitative estimate of drug-likeness (QED) is 0.613. The second-order valence-electron chi connectivity index (χ2n) is 2.89. The highest BCUT2D eigenvalue weighted by Crippen LogP contribution is 2.34. The van der Waals surface area contributed by atoms with Crippen molar-refractivity contribution in [2.45, 2.75) is 11.1 Å². The van der Waals surface area contributed by atoms with E-state index in [1.165, 1.54) is 17.8 Å². The highest BCUT2D eigenvalue weighted by atomic mass is 79.9. The van der Waals surface area contributed by atoms with E-state index in [4.69, 9.17) is 0 Å². The van der Waals surface area contributed by atoms with Crippen molar-refractivity contribution in [3.63, 3.8) is 0 Å². The lowest BCUT2D eigenvalue weighted by Gasteiger charge is -2.10. The van der Waals surface area contributed by atoms with Crippen molar-refractivity contribution in [1.82, 2.24) is 0 Å². The van der Waals surface area contributed by atoms with Gasteiger partial charge in [-0.1, -0.05) is 6.07 Å². The van der Waals surface area contributed by atoms with Crippen LogP contribution in [0.25, 0.3) is 6.08 Å². The van der Waals surface area contributed by atoms with Crippen molar-refractivity contribution in [2.75, 3.05) is 6.26 Å². The van der Waals surface area contributed by atoms with Crippen LogP contribution < -0.4 is 0 Å². The lowest BCUT2D eigenvalue weighted by Crippen LogP contribution is -2.04. The van der Waals surface area contributed by atoms with Gasteiger partial charge in [-0.05, 0) is 61.9 Å². The topological polar surface area (TPSA) is 0 Å². The van der Waals surface area contributed by atoms with Gasteiger partial charge in [-0.25, -0.2) is 0 Å². The third-order valence-corrected chi connectivity index (χ3v) is 3.08. The van der Waals surface area contributed by atoms with Crippen LogP contribution in [-0.4, -0.2) is 6.26 Å². The number of hydrogen-bond donors (Lipinski definition) is 0. The van der Waals surface area contributed by atoms with Crippen LogP contribution in [0.5, 0.6) is 0 Å². The van der Waals surface area contributed by atoms with Crippen LogP contribution in [0.3, 0.4) is 0 Å². The SMILES string of the molecule is CSc1cc(C(F)(F)F)ccc1C=C(Br)Br. The number of benzene rings is 1. The van der Waals surface area contributed by atoms with Gasteiger partial charge in [0.2, 0.25) is 0 Å². The normalized spacial score (nSPS) is 11.4. The van der Waals surface area contributed by atoms with E-state index in [9.17, 15) is 13.2 Å². The van der Waals surface area contributed by atoms with E-state index in [1.807, 2.05) is 0 Å². The van der Waals surface area contributed by atoms with Crippen LogP contribution >= 0.6 is 43.6 Å². The van der Waals surface area contributed by atoms with Crippen LogP contribution in [-0.2, 0) is 6.18 Å². The zero-order valence-corrected chi connectivity index (χ0v) is 12.1. The van der Waals surface area contributed by atoms with Crippen LogP contribution in [0.4, 0.5) is 13.2 Å². The average Bonchev–Trinajstić information content (AvgIpc) is 2.15. The summed E-state index contributed by atoms with van der Waals surface area (Å²) in [5.74, 6) is 0. The largest absolute Gasteiger partial charge is 0.416 e. The molecular formula is C10H7Br2F3S. The fourth-order valence-corrected chi connectivity index (χ4v) is 2.23. The van der Waals surface area contributed by atoms with Gasteiger partial charge in [-0.3, -0.25) is 0 Å². The molecule has 88 valence electrons. The number of hydrogen-bond acceptors (Lipinski definition) is 1. The summed E-state index contributed by atoms with van der Waals surface area (Å²) in [6, 6.07) is 3.69. The molecule has 0 N–H and O–H groups in total. The van der Waals surface area contributed by atoms with E-state index in [1.54, 1.807) is 12.3 Å². The molecule has 0 bridgehead atoms. The number of rotatable bonds is 2. The van der Waals surface area contributed by atoms with E-state index in [0.717, 1.165) is 17.7 Å². The zero-order chi connectivity index (χ0) is 12.3. The molecule has 0 amide bonds. The fourth-order valence-electron chi connectivity index (χ4n) is 1.12. The molecule has 0 aliphatic rings. The first-order chi connectivity index (χ1) is 7.34. The fraction of sp³-hybridized carbons (Fsp3) is 0.200. The minimum absolute atomic E-state index is 0.589. The molecule has 6 heteroatoms. The van der Waals surface area contributed by atoms with Gasteiger partial charge in [0.1, 0.15) is 0 Å². The average molecular weight is 376 g/mol. The minimum atomic E-state index is -4.29. The first-order valence-electron chi connectivity index (χ1n) is 4.12. The zero-order valence-electron chi connectivity index (χ0n) is 8.11. The number of alkyl halides is 3. The smallest absolute Gasteiger partial charge is 0.166 e.